The maximum Gasteiger partial charge on any atom is 0.287 e. The summed E-state index contributed by atoms with van der Waals surface area (Å²) in [6.07, 6.45) is 1.68. The minimum absolute atomic E-state index is 0.177. The SMILES string of the molecule is COc1ccc(C2(CNC(=O)c3cc4cccc(OC)c4o3)CCOCC2)cc1. The molecule has 1 amide bonds. The maximum atomic E-state index is 12.8. The summed E-state index contributed by atoms with van der Waals surface area (Å²) >= 11 is 0. The molecule has 4 rings (SSSR count). The summed E-state index contributed by atoms with van der Waals surface area (Å²) in [6, 6.07) is 15.4. The van der Waals surface area contributed by atoms with Gasteiger partial charge in [0.25, 0.3) is 5.91 Å². The standard InChI is InChI=1S/C23H25NO5/c1-26-18-8-6-17(7-9-18)23(10-12-28-13-11-23)15-24-22(25)20-14-16-4-3-5-19(27-2)21(16)29-20/h3-9,14H,10-13,15H2,1-2H3,(H,24,25). The smallest absolute Gasteiger partial charge is 0.287 e. The number of ether oxygens (including phenoxy) is 3. The third kappa shape index (κ3) is 3.80. The highest BCUT2D eigenvalue weighted by atomic mass is 16.5. The van der Waals surface area contributed by atoms with E-state index >= 15 is 0 Å². The number of furan rings is 1. The summed E-state index contributed by atoms with van der Waals surface area (Å²) in [4.78, 5) is 12.8. The van der Waals surface area contributed by atoms with Crippen LogP contribution in [0.2, 0.25) is 0 Å². The molecule has 152 valence electrons. The molecule has 3 aromatic rings. The van der Waals surface area contributed by atoms with Gasteiger partial charge in [-0.15, -0.1) is 0 Å². The minimum atomic E-state index is -0.234. The lowest BCUT2D eigenvalue weighted by Crippen LogP contribution is -2.44. The Morgan fingerprint density at radius 3 is 2.52 bits per heavy atom. The first kappa shape index (κ1) is 19.3. The summed E-state index contributed by atoms with van der Waals surface area (Å²) < 4.78 is 22.0. The lowest BCUT2D eigenvalue weighted by Gasteiger charge is -2.38. The van der Waals surface area contributed by atoms with Crippen molar-refractivity contribution >= 4 is 16.9 Å². The molecule has 2 aromatic carbocycles. The normalized spacial score (nSPS) is 15.8. The predicted octanol–water partition coefficient (Wildman–Crippen LogP) is 3.93. The van der Waals surface area contributed by atoms with E-state index in [0.717, 1.165) is 24.0 Å². The molecule has 29 heavy (non-hydrogen) atoms. The van der Waals surface area contributed by atoms with Crippen LogP contribution in [0, 0.1) is 0 Å². The van der Waals surface area contributed by atoms with Crippen LogP contribution in [-0.4, -0.2) is 39.9 Å². The first-order valence-corrected chi connectivity index (χ1v) is 9.72. The van der Waals surface area contributed by atoms with Crippen molar-refractivity contribution in [1.82, 2.24) is 5.32 Å². The van der Waals surface area contributed by atoms with Gasteiger partial charge in [-0.2, -0.15) is 0 Å². The number of hydrogen-bond donors (Lipinski definition) is 1. The van der Waals surface area contributed by atoms with E-state index in [9.17, 15) is 4.79 Å². The van der Waals surface area contributed by atoms with Gasteiger partial charge in [-0.25, -0.2) is 0 Å². The summed E-state index contributed by atoms with van der Waals surface area (Å²) in [5, 5.41) is 3.91. The average Bonchev–Trinajstić information content (AvgIpc) is 3.23. The Morgan fingerprint density at radius 2 is 1.83 bits per heavy atom. The predicted molar refractivity (Wildman–Crippen MR) is 110 cm³/mol. The molecule has 0 saturated carbocycles. The van der Waals surface area contributed by atoms with Crippen LogP contribution in [0.15, 0.2) is 52.9 Å². The number of fused-ring (bicyclic) bond motifs is 1. The van der Waals surface area contributed by atoms with Crippen molar-refractivity contribution in [2.24, 2.45) is 0 Å². The first-order valence-electron chi connectivity index (χ1n) is 9.72. The Bertz CT molecular complexity index is 986. The topological polar surface area (TPSA) is 69.9 Å². The quantitative estimate of drug-likeness (QED) is 0.685. The minimum Gasteiger partial charge on any atom is -0.497 e. The Labute approximate surface area is 169 Å². The molecule has 1 N–H and O–H groups in total. The second kappa shape index (κ2) is 8.17. The van der Waals surface area contributed by atoms with E-state index < -0.39 is 0 Å². The number of benzene rings is 2. The van der Waals surface area contributed by atoms with Gasteiger partial charge in [0.05, 0.1) is 14.2 Å². The van der Waals surface area contributed by atoms with Crippen LogP contribution in [0.3, 0.4) is 0 Å². The molecule has 6 nitrogen and oxygen atoms in total. The highest BCUT2D eigenvalue weighted by Gasteiger charge is 2.35. The van der Waals surface area contributed by atoms with Gasteiger partial charge in [-0.3, -0.25) is 4.79 Å². The van der Waals surface area contributed by atoms with E-state index in [1.165, 1.54) is 5.56 Å². The van der Waals surface area contributed by atoms with Gasteiger partial charge in [0, 0.05) is 30.6 Å². The van der Waals surface area contributed by atoms with Crippen LogP contribution in [0.5, 0.6) is 11.5 Å². The largest absolute Gasteiger partial charge is 0.497 e. The fourth-order valence-electron chi connectivity index (χ4n) is 3.92. The van der Waals surface area contributed by atoms with E-state index in [4.69, 9.17) is 18.6 Å². The van der Waals surface area contributed by atoms with E-state index in [-0.39, 0.29) is 17.1 Å². The zero-order valence-electron chi connectivity index (χ0n) is 16.7. The molecule has 1 aliphatic heterocycles. The molecule has 1 fully saturated rings. The van der Waals surface area contributed by atoms with Crippen molar-refractivity contribution in [2.45, 2.75) is 18.3 Å². The molecule has 6 heteroatoms. The van der Waals surface area contributed by atoms with Crippen LogP contribution in [0.25, 0.3) is 11.0 Å². The highest BCUT2D eigenvalue weighted by Crippen LogP contribution is 2.35. The van der Waals surface area contributed by atoms with Gasteiger partial charge in [0.2, 0.25) is 0 Å². The molecule has 0 bridgehead atoms. The van der Waals surface area contributed by atoms with E-state index in [1.807, 2.05) is 30.3 Å². The van der Waals surface area contributed by atoms with E-state index in [2.05, 4.69) is 17.4 Å². The van der Waals surface area contributed by atoms with E-state index in [1.54, 1.807) is 20.3 Å². The summed E-state index contributed by atoms with van der Waals surface area (Å²) in [5.41, 5.74) is 1.58. The second-order valence-corrected chi connectivity index (χ2v) is 7.29. The molecule has 0 spiro atoms. The summed E-state index contributed by atoms with van der Waals surface area (Å²) in [5.74, 6) is 1.47. The Hall–Kier alpha value is -2.99. The number of hydrogen-bond acceptors (Lipinski definition) is 5. The molecule has 2 heterocycles. The fraction of sp³-hybridized carbons (Fsp3) is 0.348. The summed E-state index contributed by atoms with van der Waals surface area (Å²) in [6.45, 7) is 1.85. The third-order valence-corrected chi connectivity index (χ3v) is 5.69. The van der Waals surface area contributed by atoms with Crippen molar-refractivity contribution < 1.29 is 23.4 Å². The zero-order chi connectivity index (χ0) is 20.3. The van der Waals surface area contributed by atoms with Crippen LogP contribution < -0.4 is 14.8 Å². The van der Waals surface area contributed by atoms with Crippen molar-refractivity contribution in [3.63, 3.8) is 0 Å². The number of para-hydroxylation sites is 1. The number of carbonyl (C=O) groups is 1. The molecule has 1 aromatic heterocycles. The van der Waals surface area contributed by atoms with Gasteiger partial charge in [0.1, 0.15) is 5.75 Å². The van der Waals surface area contributed by atoms with Crippen molar-refractivity contribution in [2.75, 3.05) is 34.0 Å². The highest BCUT2D eigenvalue weighted by molar-refractivity contribution is 5.97. The lowest BCUT2D eigenvalue weighted by atomic mass is 9.74. The molecule has 0 radical (unpaired) electrons. The summed E-state index contributed by atoms with van der Waals surface area (Å²) in [7, 11) is 3.24. The number of methoxy groups -OCH3 is 2. The van der Waals surface area contributed by atoms with Gasteiger partial charge >= 0.3 is 0 Å². The van der Waals surface area contributed by atoms with Gasteiger partial charge in [0.15, 0.2) is 17.1 Å². The third-order valence-electron chi connectivity index (χ3n) is 5.69. The Morgan fingerprint density at radius 1 is 1.07 bits per heavy atom. The van der Waals surface area contributed by atoms with Gasteiger partial charge in [-0.1, -0.05) is 24.3 Å². The van der Waals surface area contributed by atoms with Crippen LogP contribution >= 0.6 is 0 Å². The molecular formula is C23H25NO5. The Balaban J connectivity index is 1.55. The number of carbonyl (C=O) groups excluding carboxylic acids is 1. The molecular weight excluding hydrogens is 370 g/mol. The van der Waals surface area contributed by atoms with Crippen molar-refractivity contribution in [3.8, 4) is 11.5 Å². The number of rotatable bonds is 6. The average molecular weight is 395 g/mol. The molecule has 0 atom stereocenters. The second-order valence-electron chi connectivity index (χ2n) is 7.29. The monoisotopic (exact) mass is 395 g/mol. The fourth-order valence-corrected chi connectivity index (χ4v) is 3.92. The zero-order valence-corrected chi connectivity index (χ0v) is 16.7. The van der Waals surface area contributed by atoms with Crippen LogP contribution in [0.4, 0.5) is 0 Å². The van der Waals surface area contributed by atoms with Gasteiger partial charge in [-0.05, 0) is 42.7 Å². The molecule has 1 saturated heterocycles. The van der Waals surface area contributed by atoms with Crippen molar-refractivity contribution in [3.05, 3.63) is 59.9 Å². The lowest BCUT2D eigenvalue weighted by molar-refractivity contribution is 0.0484. The van der Waals surface area contributed by atoms with E-state index in [0.29, 0.717) is 31.1 Å². The van der Waals surface area contributed by atoms with Crippen LogP contribution in [0.1, 0.15) is 29.0 Å². The number of amides is 1. The molecule has 0 unspecified atom stereocenters. The van der Waals surface area contributed by atoms with Crippen LogP contribution in [-0.2, 0) is 10.2 Å². The molecule has 1 aliphatic rings. The molecule has 0 aliphatic carbocycles. The number of nitrogens with one attached hydrogen (secondary N) is 1. The van der Waals surface area contributed by atoms with Crippen molar-refractivity contribution in [1.29, 1.82) is 0 Å². The Kier molecular flexibility index (Phi) is 5.45. The van der Waals surface area contributed by atoms with Gasteiger partial charge < -0.3 is 23.9 Å². The first-order chi connectivity index (χ1) is 14.1. The maximum absolute atomic E-state index is 12.8.